The van der Waals surface area contributed by atoms with E-state index in [4.69, 9.17) is 19.9 Å². The summed E-state index contributed by atoms with van der Waals surface area (Å²) in [5.41, 5.74) is 4.74. The molecule has 0 unspecified atom stereocenters. The lowest BCUT2D eigenvalue weighted by atomic mass is 10.1. The van der Waals surface area contributed by atoms with E-state index in [-0.39, 0.29) is 11.9 Å². The molecule has 1 fully saturated rings. The molecule has 4 heterocycles. The number of morpholine rings is 1. The number of fused-ring (bicyclic) bond motifs is 1. The summed E-state index contributed by atoms with van der Waals surface area (Å²) < 4.78 is 7.47. The standard InChI is InChI=1S/C29H35N9O4/c1-20-7-6-13-30-25(20)35-29(40)32-22-11-9-21(10-12-22)26-33-27(37-15-17-42-18-16-37)23-19-31-38(28(23)34-26)14-5-3-2-4-8-24(39)36-41/h6-7,9-13,19,41H,2-5,8,14-18H2,1H3,(H,36,39)(H2,30,32,35,40). The van der Waals surface area contributed by atoms with Gasteiger partial charge in [0.25, 0.3) is 0 Å². The van der Waals surface area contributed by atoms with E-state index in [0.717, 1.165) is 66.8 Å². The van der Waals surface area contributed by atoms with Gasteiger partial charge >= 0.3 is 6.03 Å². The van der Waals surface area contributed by atoms with Crippen molar-refractivity contribution in [1.29, 1.82) is 0 Å². The summed E-state index contributed by atoms with van der Waals surface area (Å²) in [6.45, 7) is 5.28. The van der Waals surface area contributed by atoms with E-state index in [1.54, 1.807) is 11.7 Å². The molecule has 42 heavy (non-hydrogen) atoms. The monoisotopic (exact) mass is 573 g/mol. The Labute approximate surface area is 243 Å². The average Bonchev–Trinajstić information content (AvgIpc) is 3.43. The molecule has 13 nitrogen and oxygen atoms in total. The molecule has 220 valence electrons. The zero-order valence-corrected chi connectivity index (χ0v) is 23.5. The van der Waals surface area contributed by atoms with Gasteiger partial charge in [-0.2, -0.15) is 5.10 Å². The van der Waals surface area contributed by atoms with Crippen LogP contribution < -0.4 is 21.0 Å². The number of ether oxygens (including phenoxy) is 1. The number of hydrogen-bond donors (Lipinski definition) is 4. The number of pyridine rings is 1. The highest BCUT2D eigenvalue weighted by Crippen LogP contribution is 2.29. The lowest BCUT2D eigenvalue weighted by Crippen LogP contribution is -2.37. The molecule has 3 aromatic heterocycles. The van der Waals surface area contributed by atoms with Crippen molar-refractivity contribution in [2.24, 2.45) is 0 Å². The van der Waals surface area contributed by atoms with Gasteiger partial charge in [0.15, 0.2) is 11.5 Å². The van der Waals surface area contributed by atoms with Gasteiger partial charge in [0.1, 0.15) is 11.6 Å². The number of unbranched alkanes of at least 4 members (excludes halogenated alkanes) is 3. The van der Waals surface area contributed by atoms with Crippen molar-refractivity contribution in [2.75, 3.05) is 41.8 Å². The minimum absolute atomic E-state index is 0.309. The van der Waals surface area contributed by atoms with Crippen molar-refractivity contribution in [3.63, 3.8) is 0 Å². The summed E-state index contributed by atoms with van der Waals surface area (Å²) in [5, 5.41) is 19.8. The highest BCUT2D eigenvalue weighted by atomic mass is 16.5. The fourth-order valence-electron chi connectivity index (χ4n) is 4.80. The first-order chi connectivity index (χ1) is 20.5. The summed E-state index contributed by atoms with van der Waals surface area (Å²) in [6.07, 6.45) is 7.17. The summed E-state index contributed by atoms with van der Waals surface area (Å²) in [6, 6.07) is 10.7. The first-order valence-electron chi connectivity index (χ1n) is 14.1. The van der Waals surface area contributed by atoms with Crippen LogP contribution in [0.3, 0.4) is 0 Å². The Bertz CT molecular complexity index is 1520. The van der Waals surface area contributed by atoms with Crippen LogP contribution in [0.25, 0.3) is 22.4 Å². The van der Waals surface area contributed by atoms with Crippen molar-refractivity contribution in [3.8, 4) is 11.4 Å². The number of carbonyl (C=O) groups is 2. The van der Waals surface area contributed by atoms with Gasteiger partial charge in [0.2, 0.25) is 5.91 Å². The highest BCUT2D eigenvalue weighted by molar-refractivity contribution is 5.99. The molecule has 0 aliphatic carbocycles. The Kier molecular flexibility index (Phi) is 9.51. The Hall–Kier alpha value is -4.62. The number of aromatic nitrogens is 5. The molecule has 4 N–H and O–H groups in total. The Morgan fingerprint density at radius 1 is 1.00 bits per heavy atom. The minimum atomic E-state index is -0.377. The van der Waals surface area contributed by atoms with Crippen LogP contribution in [0.15, 0.2) is 48.8 Å². The number of hydrogen-bond acceptors (Lipinski definition) is 9. The first-order valence-corrected chi connectivity index (χ1v) is 14.1. The number of urea groups is 1. The number of aryl methyl sites for hydroxylation is 2. The molecule has 0 spiro atoms. The topological polar surface area (TPSA) is 159 Å². The van der Waals surface area contributed by atoms with Crippen LogP contribution in [-0.4, -0.2) is 68.2 Å². The summed E-state index contributed by atoms with van der Waals surface area (Å²) in [7, 11) is 0. The molecular weight excluding hydrogens is 538 g/mol. The molecule has 4 aromatic rings. The molecule has 0 radical (unpaired) electrons. The Balaban J connectivity index is 1.32. The quantitative estimate of drug-likeness (QED) is 0.118. The lowest BCUT2D eigenvalue weighted by molar-refractivity contribution is -0.129. The number of benzene rings is 1. The minimum Gasteiger partial charge on any atom is -0.378 e. The van der Waals surface area contributed by atoms with Gasteiger partial charge in [-0.25, -0.2) is 29.9 Å². The van der Waals surface area contributed by atoms with E-state index < -0.39 is 0 Å². The number of hydroxylamine groups is 1. The third-order valence-electron chi connectivity index (χ3n) is 7.08. The molecule has 1 saturated heterocycles. The van der Waals surface area contributed by atoms with E-state index in [0.29, 0.717) is 43.5 Å². The second-order valence-corrected chi connectivity index (χ2v) is 10.1. The lowest BCUT2D eigenvalue weighted by Gasteiger charge is -2.28. The number of anilines is 3. The Morgan fingerprint density at radius 3 is 2.55 bits per heavy atom. The van der Waals surface area contributed by atoms with Gasteiger partial charge in [-0.3, -0.25) is 15.3 Å². The zero-order chi connectivity index (χ0) is 29.3. The smallest absolute Gasteiger partial charge is 0.324 e. The Morgan fingerprint density at radius 2 is 1.79 bits per heavy atom. The highest BCUT2D eigenvalue weighted by Gasteiger charge is 2.21. The van der Waals surface area contributed by atoms with E-state index in [1.165, 1.54) is 0 Å². The molecule has 0 bridgehead atoms. The molecule has 1 aliphatic heterocycles. The summed E-state index contributed by atoms with van der Waals surface area (Å²) in [4.78, 5) is 40.0. The molecule has 1 aromatic carbocycles. The third-order valence-corrected chi connectivity index (χ3v) is 7.08. The van der Waals surface area contributed by atoms with Crippen LogP contribution in [0.5, 0.6) is 0 Å². The van der Waals surface area contributed by atoms with Crippen molar-refractivity contribution >= 4 is 40.3 Å². The number of carbonyl (C=O) groups excluding carboxylic acids is 2. The first kappa shape index (κ1) is 28.9. The second-order valence-electron chi connectivity index (χ2n) is 10.1. The van der Waals surface area contributed by atoms with E-state index >= 15 is 0 Å². The number of nitrogens with one attached hydrogen (secondary N) is 3. The second kappa shape index (κ2) is 13.8. The van der Waals surface area contributed by atoms with Crippen molar-refractivity contribution in [3.05, 3.63) is 54.4 Å². The fraction of sp³-hybridized carbons (Fsp3) is 0.379. The van der Waals surface area contributed by atoms with Gasteiger partial charge in [-0.15, -0.1) is 0 Å². The fourth-order valence-corrected chi connectivity index (χ4v) is 4.80. The maximum Gasteiger partial charge on any atom is 0.324 e. The molecule has 1 aliphatic rings. The van der Waals surface area contributed by atoms with Gasteiger partial charge in [-0.1, -0.05) is 18.9 Å². The van der Waals surface area contributed by atoms with Crippen LogP contribution in [-0.2, 0) is 16.1 Å². The summed E-state index contributed by atoms with van der Waals surface area (Å²) >= 11 is 0. The average molecular weight is 574 g/mol. The SMILES string of the molecule is Cc1cccnc1NC(=O)Nc1ccc(-c2nc(N3CCOCC3)c3cnn(CCCCCCC(=O)NO)c3n2)cc1. The molecule has 3 amide bonds. The summed E-state index contributed by atoms with van der Waals surface area (Å²) in [5.74, 6) is 1.54. The van der Waals surface area contributed by atoms with Crippen LogP contribution in [0, 0.1) is 6.92 Å². The van der Waals surface area contributed by atoms with Gasteiger partial charge in [0, 0.05) is 43.5 Å². The molecule has 0 atom stereocenters. The van der Waals surface area contributed by atoms with Gasteiger partial charge in [0.05, 0.1) is 24.8 Å². The van der Waals surface area contributed by atoms with Crippen LogP contribution in [0.4, 0.5) is 22.1 Å². The van der Waals surface area contributed by atoms with Crippen LogP contribution in [0.1, 0.15) is 37.7 Å². The van der Waals surface area contributed by atoms with Crippen molar-refractivity contribution in [2.45, 2.75) is 45.6 Å². The van der Waals surface area contributed by atoms with Crippen molar-refractivity contribution in [1.82, 2.24) is 30.2 Å². The van der Waals surface area contributed by atoms with Crippen LogP contribution in [0.2, 0.25) is 0 Å². The molecule has 0 saturated carbocycles. The molecular formula is C29H35N9O4. The zero-order valence-electron chi connectivity index (χ0n) is 23.5. The van der Waals surface area contributed by atoms with E-state index in [2.05, 4.69) is 25.6 Å². The maximum absolute atomic E-state index is 12.5. The van der Waals surface area contributed by atoms with Crippen molar-refractivity contribution < 1.29 is 19.5 Å². The number of nitrogens with zero attached hydrogens (tertiary/aromatic N) is 6. The van der Waals surface area contributed by atoms with E-state index in [9.17, 15) is 9.59 Å². The molecule has 13 heteroatoms. The van der Waals surface area contributed by atoms with Crippen LogP contribution >= 0.6 is 0 Å². The predicted molar refractivity (Wildman–Crippen MR) is 158 cm³/mol. The number of rotatable bonds is 11. The van der Waals surface area contributed by atoms with E-state index in [1.807, 2.05) is 54.2 Å². The van der Waals surface area contributed by atoms with Gasteiger partial charge in [-0.05, 0) is 55.7 Å². The third kappa shape index (κ3) is 7.17. The van der Waals surface area contributed by atoms with Gasteiger partial charge < -0.3 is 15.0 Å². The largest absolute Gasteiger partial charge is 0.378 e. The number of amides is 3. The normalized spacial score (nSPS) is 13.2. The predicted octanol–water partition coefficient (Wildman–Crippen LogP) is 4.13. The molecule has 5 rings (SSSR count). The maximum atomic E-state index is 12.5.